The molecule has 1 aromatic carbocycles. The summed E-state index contributed by atoms with van der Waals surface area (Å²) in [4.78, 5) is 6.74. The number of hydrogen-bond acceptors (Lipinski definition) is 2. The summed E-state index contributed by atoms with van der Waals surface area (Å²) in [6.45, 7) is 9.03. The van der Waals surface area contributed by atoms with Gasteiger partial charge in [0.1, 0.15) is 0 Å². The number of nitrogens with zero attached hydrogens (tertiary/aromatic N) is 2. The van der Waals surface area contributed by atoms with Gasteiger partial charge in [0.25, 0.3) is 0 Å². The van der Waals surface area contributed by atoms with Crippen molar-refractivity contribution in [3.63, 3.8) is 0 Å². The third-order valence-corrected chi connectivity index (χ3v) is 3.93. The van der Waals surface area contributed by atoms with Gasteiger partial charge in [0, 0.05) is 32.6 Å². The van der Waals surface area contributed by atoms with E-state index in [2.05, 4.69) is 53.3 Å². The van der Waals surface area contributed by atoms with Crippen LogP contribution in [0.1, 0.15) is 25.8 Å². The summed E-state index contributed by atoms with van der Waals surface area (Å²) < 4.78 is 5.88. The molecule has 130 valence electrons. The zero-order valence-corrected chi connectivity index (χ0v) is 16.8. The molecule has 1 fully saturated rings. The summed E-state index contributed by atoms with van der Waals surface area (Å²) >= 11 is 0. The van der Waals surface area contributed by atoms with Crippen LogP contribution < -0.4 is 5.32 Å². The van der Waals surface area contributed by atoms with Gasteiger partial charge in [-0.05, 0) is 17.9 Å². The second-order valence-corrected chi connectivity index (χ2v) is 6.42. The van der Waals surface area contributed by atoms with Gasteiger partial charge in [0.2, 0.25) is 0 Å². The maximum Gasteiger partial charge on any atom is 0.193 e. The Hall–Kier alpha value is -0.820. The smallest absolute Gasteiger partial charge is 0.193 e. The van der Waals surface area contributed by atoms with Crippen molar-refractivity contribution in [1.82, 2.24) is 10.2 Å². The molecule has 1 aliphatic rings. The minimum Gasteiger partial charge on any atom is -0.376 e. The van der Waals surface area contributed by atoms with E-state index in [0.29, 0.717) is 18.4 Å². The number of ether oxygens (including phenoxy) is 1. The molecule has 0 radical (unpaired) electrons. The summed E-state index contributed by atoms with van der Waals surface area (Å²) in [7, 11) is 1.86. The van der Waals surface area contributed by atoms with Gasteiger partial charge in [-0.3, -0.25) is 4.99 Å². The van der Waals surface area contributed by atoms with Crippen molar-refractivity contribution in [2.75, 3.05) is 33.3 Å². The molecule has 1 aromatic rings. The first kappa shape index (κ1) is 20.2. The lowest BCUT2D eigenvalue weighted by atomic mass is 10.1. The Morgan fingerprint density at radius 3 is 2.74 bits per heavy atom. The van der Waals surface area contributed by atoms with E-state index in [9.17, 15) is 0 Å². The molecule has 0 saturated carbocycles. The minimum absolute atomic E-state index is 0. The van der Waals surface area contributed by atoms with Crippen molar-refractivity contribution >= 4 is 29.9 Å². The lowest BCUT2D eigenvalue weighted by Crippen LogP contribution is -2.41. The van der Waals surface area contributed by atoms with E-state index < -0.39 is 0 Å². The molecule has 0 bridgehead atoms. The number of aliphatic imine (C=N–C) groups is 1. The Kier molecular flexibility index (Phi) is 9.55. The van der Waals surface area contributed by atoms with E-state index in [0.717, 1.165) is 32.2 Å². The molecule has 1 aliphatic heterocycles. The molecule has 1 N–H and O–H groups in total. The standard InChI is InChI=1S/C18H29N3O.HI/c1-15(2)11-20-18(19-3)21-10-9-17(12-21)14-22-13-16-7-5-4-6-8-16;/h4-8,15,17H,9-14H2,1-3H3,(H,19,20);1H. The van der Waals surface area contributed by atoms with Crippen LogP contribution in [0.3, 0.4) is 0 Å². The lowest BCUT2D eigenvalue weighted by Gasteiger charge is -2.22. The van der Waals surface area contributed by atoms with Crippen molar-refractivity contribution in [2.24, 2.45) is 16.8 Å². The fraction of sp³-hybridized carbons (Fsp3) is 0.611. The number of nitrogens with one attached hydrogen (secondary N) is 1. The van der Waals surface area contributed by atoms with Crippen LogP contribution in [0.2, 0.25) is 0 Å². The van der Waals surface area contributed by atoms with E-state index in [4.69, 9.17) is 4.74 Å². The van der Waals surface area contributed by atoms with Gasteiger partial charge in [-0.1, -0.05) is 44.2 Å². The average molecular weight is 431 g/mol. The Labute approximate surface area is 157 Å². The molecule has 1 saturated heterocycles. The van der Waals surface area contributed by atoms with Crippen LogP contribution in [0.25, 0.3) is 0 Å². The predicted octanol–water partition coefficient (Wildman–Crippen LogP) is 3.37. The van der Waals surface area contributed by atoms with E-state index in [1.54, 1.807) is 0 Å². The summed E-state index contributed by atoms with van der Waals surface area (Å²) in [6, 6.07) is 10.4. The van der Waals surface area contributed by atoms with Crippen molar-refractivity contribution < 1.29 is 4.74 Å². The lowest BCUT2D eigenvalue weighted by molar-refractivity contribution is 0.0906. The van der Waals surface area contributed by atoms with Crippen LogP contribution in [-0.4, -0.2) is 44.1 Å². The molecule has 5 heteroatoms. The van der Waals surface area contributed by atoms with Crippen LogP contribution in [-0.2, 0) is 11.3 Å². The van der Waals surface area contributed by atoms with E-state index in [-0.39, 0.29) is 24.0 Å². The largest absolute Gasteiger partial charge is 0.376 e. The van der Waals surface area contributed by atoms with Gasteiger partial charge >= 0.3 is 0 Å². The summed E-state index contributed by atoms with van der Waals surface area (Å²) in [6.07, 6.45) is 1.18. The maximum atomic E-state index is 5.88. The summed E-state index contributed by atoms with van der Waals surface area (Å²) in [5, 5.41) is 3.45. The number of benzene rings is 1. The number of likely N-dealkylation sites (tertiary alicyclic amines) is 1. The molecule has 0 aromatic heterocycles. The molecule has 1 unspecified atom stereocenters. The molecular weight excluding hydrogens is 401 g/mol. The molecule has 2 rings (SSSR count). The second kappa shape index (κ2) is 10.9. The zero-order chi connectivity index (χ0) is 15.8. The Morgan fingerprint density at radius 2 is 2.09 bits per heavy atom. The normalized spacial score (nSPS) is 18.2. The highest BCUT2D eigenvalue weighted by Crippen LogP contribution is 2.17. The van der Waals surface area contributed by atoms with Crippen LogP contribution in [0.4, 0.5) is 0 Å². The van der Waals surface area contributed by atoms with Crippen LogP contribution in [0, 0.1) is 11.8 Å². The average Bonchev–Trinajstić information content (AvgIpc) is 2.97. The van der Waals surface area contributed by atoms with Gasteiger partial charge in [0.05, 0.1) is 13.2 Å². The summed E-state index contributed by atoms with van der Waals surface area (Å²) in [5.41, 5.74) is 1.24. The predicted molar refractivity (Wildman–Crippen MR) is 107 cm³/mol. The van der Waals surface area contributed by atoms with Gasteiger partial charge in [-0.25, -0.2) is 0 Å². The van der Waals surface area contributed by atoms with Crippen LogP contribution in [0.5, 0.6) is 0 Å². The molecule has 0 spiro atoms. The van der Waals surface area contributed by atoms with Crippen molar-refractivity contribution in [3.05, 3.63) is 35.9 Å². The van der Waals surface area contributed by atoms with E-state index in [1.807, 2.05) is 13.1 Å². The van der Waals surface area contributed by atoms with Crippen molar-refractivity contribution in [3.8, 4) is 0 Å². The quantitative estimate of drug-likeness (QED) is 0.426. The molecule has 4 nitrogen and oxygen atoms in total. The monoisotopic (exact) mass is 431 g/mol. The fourth-order valence-corrected chi connectivity index (χ4v) is 2.71. The Morgan fingerprint density at radius 1 is 1.35 bits per heavy atom. The summed E-state index contributed by atoms with van der Waals surface area (Å²) in [5.74, 6) is 2.25. The fourth-order valence-electron chi connectivity index (χ4n) is 2.71. The van der Waals surface area contributed by atoms with E-state index in [1.165, 1.54) is 12.0 Å². The van der Waals surface area contributed by atoms with E-state index >= 15 is 0 Å². The van der Waals surface area contributed by atoms with Crippen molar-refractivity contribution in [2.45, 2.75) is 26.9 Å². The Balaban J connectivity index is 0.00000264. The molecule has 23 heavy (non-hydrogen) atoms. The number of halogens is 1. The molecule has 1 heterocycles. The SMILES string of the molecule is CN=C(NCC(C)C)N1CCC(COCc2ccccc2)C1.I. The highest BCUT2D eigenvalue weighted by Gasteiger charge is 2.24. The number of hydrogen-bond donors (Lipinski definition) is 1. The molecule has 0 amide bonds. The third kappa shape index (κ3) is 7.08. The number of guanidine groups is 1. The van der Waals surface area contributed by atoms with Gasteiger partial charge in [-0.15, -0.1) is 24.0 Å². The van der Waals surface area contributed by atoms with Crippen LogP contribution in [0.15, 0.2) is 35.3 Å². The first-order valence-corrected chi connectivity index (χ1v) is 8.26. The zero-order valence-electron chi connectivity index (χ0n) is 14.5. The van der Waals surface area contributed by atoms with Gasteiger partial charge in [-0.2, -0.15) is 0 Å². The Bertz CT molecular complexity index is 465. The molecule has 1 atom stereocenters. The topological polar surface area (TPSA) is 36.9 Å². The maximum absolute atomic E-state index is 5.88. The minimum atomic E-state index is 0. The third-order valence-electron chi connectivity index (χ3n) is 3.93. The highest BCUT2D eigenvalue weighted by atomic mass is 127. The van der Waals surface area contributed by atoms with Crippen molar-refractivity contribution in [1.29, 1.82) is 0 Å². The first-order chi connectivity index (χ1) is 10.7. The second-order valence-electron chi connectivity index (χ2n) is 6.42. The molecular formula is C18H30IN3O. The number of rotatable bonds is 6. The molecule has 0 aliphatic carbocycles. The highest BCUT2D eigenvalue weighted by molar-refractivity contribution is 14.0. The first-order valence-electron chi connectivity index (χ1n) is 8.26. The van der Waals surface area contributed by atoms with Gasteiger partial charge < -0.3 is 15.0 Å². The van der Waals surface area contributed by atoms with Gasteiger partial charge in [0.15, 0.2) is 5.96 Å². The van der Waals surface area contributed by atoms with Crippen LogP contribution >= 0.6 is 24.0 Å².